The third-order valence-corrected chi connectivity index (χ3v) is 5.57. The van der Waals surface area contributed by atoms with Crippen molar-refractivity contribution >= 4 is 12.1 Å². The van der Waals surface area contributed by atoms with Gasteiger partial charge in [0, 0.05) is 37.4 Å². The minimum Gasteiger partial charge on any atom is -0.480 e. The van der Waals surface area contributed by atoms with Gasteiger partial charge in [0.2, 0.25) is 0 Å². The monoisotopic (exact) mass is 434 g/mol. The summed E-state index contributed by atoms with van der Waals surface area (Å²) in [5, 5.41) is 12.7. The summed E-state index contributed by atoms with van der Waals surface area (Å²) in [6.45, 7) is 1.24. The number of carboxylic acids is 1. The van der Waals surface area contributed by atoms with Gasteiger partial charge < -0.3 is 19.7 Å². The molecular weight excluding hydrogens is 408 g/mol. The van der Waals surface area contributed by atoms with Crippen molar-refractivity contribution in [2.24, 2.45) is 0 Å². The van der Waals surface area contributed by atoms with Crippen molar-refractivity contribution in [1.82, 2.24) is 19.8 Å². The number of hydrogen-bond acceptors (Lipinski definition) is 5. The van der Waals surface area contributed by atoms with E-state index in [1.807, 2.05) is 76.3 Å². The molecule has 8 nitrogen and oxygen atoms in total. The first-order valence-corrected chi connectivity index (χ1v) is 10.6. The second kappa shape index (κ2) is 10.1. The topological polar surface area (TPSA) is 96.7 Å². The van der Waals surface area contributed by atoms with Crippen molar-refractivity contribution in [1.29, 1.82) is 0 Å². The molecule has 0 spiro atoms. The van der Waals surface area contributed by atoms with E-state index in [9.17, 15) is 14.7 Å². The average molecular weight is 434 g/mol. The van der Waals surface area contributed by atoms with Crippen LogP contribution in [0.1, 0.15) is 17.7 Å². The van der Waals surface area contributed by atoms with E-state index in [4.69, 9.17) is 4.74 Å². The molecule has 1 aliphatic rings. The number of aliphatic carboxylic acids is 1. The van der Waals surface area contributed by atoms with Crippen molar-refractivity contribution in [2.75, 3.05) is 13.1 Å². The zero-order chi connectivity index (χ0) is 22.3. The molecule has 32 heavy (non-hydrogen) atoms. The van der Waals surface area contributed by atoms with Crippen LogP contribution in [-0.2, 0) is 22.6 Å². The molecule has 4 rings (SSSR count). The van der Waals surface area contributed by atoms with Crippen LogP contribution >= 0.6 is 0 Å². The van der Waals surface area contributed by atoms with Gasteiger partial charge in [-0.15, -0.1) is 0 Å². The lowest BCUT2D eigenvalue weighted by Gasteiger charge is -2.23. The van der Waals surface area contributed by atoms with Crippen LogP contribution in [0.3, 0.4) is 0 Å². The number of likely N-dealkylation sites (tertiary alicyclic amines) is 1. The van der Waals surface area contributed by atoms with Crippen LogP contribution in [0.4, 0.5) is 4.79 Å². The van der Waals surface area contributed by atoms with Gasteiger partial charge in [-0.25, -0.2) is 9.78 Å². The lowest BCUT2D eigenvalue weighted by molar-refractivity contribution is -0.142. The Morgan fingerprint density at radius 2 is 1.84 bits per heavy atom. The molecule has 0 saturated carbocycles. The number of hydrogen-bond donors (Lipinski definition) is 2. The number of alkyl carbamates (subject to hydrolysis) is 1. The van der Waals surface area contributed by atoms with E-state index in [2.05, 4.69) is 10.3 Å². The molecule has 1 saturated heterocycles. The molecule has 166 valence electrons. The third kappa shape index (κ3) is 5.53. The summed E-state index contributed by atoms with van der Waals surface area (Å²) in [6.07, 6.45) is 4.02. The van der Waals surface area contributed by atoms with Gasteiger partial charge >= 0.3 is 12.1 Å². The van der Waals surface area contributed by atoms with Crippen molar-refractivity contribution in [2.45, 2.75) is 31.5 Å². The fourth-order valence-corrected chi connectivity index (χ4v) is 3.90. The molecule has 0 unspecified atom stereocenters. The lowest BCUT2D eigenvalue weighted by atomic mass is 10.1. The van der Waals surface area contributed by atoms with Crippen molar-refractivity contribution in [3.05, 3.63) is 84.4 Å². The number of imidazole rings is 1. The zero-order valence-corrected chi connectivity index (χ0v) is 17.6. The Bertz CT molecular complexity index is 1040. The van der Waals surface area contributed by atoms with E-state index in [1.165, 1.54) is 0 Å². The average Bonchev–Trinajstić information content (AvgIpc) is 3.47. The summed E-state index contributed by atoms with van der Waals surface area (Å²) in [6, 6.07) is 18.4. The van der Waals surface area contributed by atoms with E-state index in [0.717, 1.165) is 11.3 Å². The molecule has 3 aromatic rings. The van der Waals surface area contributed by atoms with Crippen LogP contribution < -0.4 is 5.32 Å². The van der Waals surface area contributed by atoms with E-state index < -0.39 is 18.1 Å². The number of carbonyl (C=O) groups excluding carboxylic acids is 1. The first-order chi connectivity index (χ1) is 15.6. The summed E-state index contributed by atoms with van der Waals surface area (Å²) in [4.78, 5) is 30.4. The Kier molecular flexibility index (Phi) is 6.81. The van der Waals surface area contributed by atoms with Gasteiger partial charge in [-0.2, -0.15) is 0 Å². The Morgan fingerprint density at radius 3 is 2.56 bits per heavy atom. The highest BCUT2D eigenvalue weighted by molar-refractivity contribution is 5.74. The van der Waals surface area contributed by atoms with Crippen molar-refractivity contribution < 1.29 is 19.4 Å². The molecule has 8 heteroatoms. The highest BCUT2D eigenvalue weighted by Gasteiger charge is 2.33. The maximum atomic E-state index is 12.1. The first kappa shape index (κ1) is 21.6. The number of para-hydroxylation sites is 1. The number of rotatable bonds is 8. The smallest absolute Gasteiger partial charge is 0.407 e. The van der Waals surface area contributed by atoms with Gasteiger partial charge in [0.25, 0.3) is 0 Å². The Morgan fingerprint density at radius 1 is 1.12 bits per heavy atom. The number of amides is 1. The molecule has 1 aliphatic heterocycles. The van der Waals surface area contributed by atoms with Gasteiger partial charge in [0.05, 0.1) is 12.0 Å². The summed E-state index contributed by atoms with van der Waals surface area (Å²) >= 11 is 0. The minimum absolute atomic E-state index is 0.151. The van der Waals surface area contributed by atoms with Crippen molar-refractivity contribution in [3.63, 3.8) is 0 Å². The standard InChI is InChI=1S/C24H26N4O4/c29-23(30)22(13-20-15-28(17-25-20)21-9-5-2-6-10-21)27-12-11-19(14-27)26-24(31)32-16-18-7-3-1-4-8-18/h1-10,15,17,19,22H,11-14,16H2,(H,26,31)(H,29,30)/t19-,22-/m0/s1. The van der Waals surface area contributed by atoms with Crippen LogP contribution in [0.15, 0.2) is 73.2 Å². The highest BCUT2D eigenvalue weighted by Crippen LogP contribution is 2.17. The molecule has 0 radical (unpaired) electrons. The number of aromatic nitrogens is 2. The van der Waals surface area contributed by atoms with Crippen LogP contribution in [0, 0.1) is 0 Å². The summed E-state index contributed by atoms with van der Waals surface area (Å²) in [7, 11) is 0. The minimum atomic E-state index is -0.897. The Hall–Kier alpha value is -3.65. The van der Waals surface area contributed by atoms with Crippen molar-refractivity contribution in [3.8, 4) is 5.69 Å². The number of ether oxygens (including phenoxy) is 1. The molecule has 1 amide bonds. The second-order valence-electron chi connectivity index (χ2n) is 7.85. The number of carbonyl (C=O) groups is 2. The maximum absolute atomic E-state index is 12.1. The molecule has 1 fully saturated rings. The molecule has 0 aliphatic carbocycles. The highest BCUT2D eigenvalue weighted by atomic mass is 16.5. The molecule has 2 N–H and O–H groups in total. The lowest BCUT2D eigenvalue weighted by Crippen LogP contribution is -2.44. The third-order valence-electron chi connectivity index (χ3n) is 5.57. The van der Waals surface area contributed by atoms with Gasteiger partial charge in [0.15, 0.2) is 0 Å². The molecule has 0 bridgehead atoms. The number of nitrogens with one attached hydrogen (secondary N) is 1. The predicted octanol–water partition coefficient (Wildman–Crippen LogP) is 2.87. The van der Waals surface area contributed by atoms with Gasteiger partial charge in [0.1, 0.15) is 12.6 Å². The molecule has 2 aromatic carbocycles. The van der Waals surface area contributed by atoms with E-state index >= 15 is 0 Å². The molecule has 2 atom stereocenters. The molecule has 2 heterocycles. The normalized spacial score (nSPS) is 17.1. The largest absolute Gasteiger partial charge is 0.480 e. The SMILES string of the molecule is O=C(N[C@H]1CCN([C@@H](Cc2cn(-c3ccccc3)cn2)C(=O)O)C1)OCc1ccccc1. The van der Waals surface area contributed by atoms with E-state index in [1.54, 1.807) is 6.33 Å². The maximum Gasteiger partial charge on any atom is 0.407 e. The van der Waals surface area contributed by atoms with E-state index in [-0.39, 0.29) is 12.6 Å². The summed E-state index contributed by atoms with van der Waals surface area (Å²) < 4.78 is 7.16. The Balaban J connectivity index is 1.30. The van der Waals surface area contributed by atoms with Crippen LogP contribution in [0.25, 0.3) is 5.69 Å². The quantitative estimate of drug-likeness (QED) is 0.566. The Labute approximate surface area is 186 Å². The van der Waals surface area contributed by atoms with Gasteiger partial charge in [-0.1, -0.05) is 48.5 Å². The fraction of sp³-hybridized carbons (Fsp3) is 0.292. The van der Waals surface area contributed by atoms with E-state index in [0.29, 0.717) is 31.6 Å². The summed E-state index contributed by atoms with van der Waals surface area (Å²) in [5.74, 6) is -0.897. The predicted molar refractivity (Wildman–Crippen MR) is 118 cm³/mol. The second-order valence-corrected chi connectivity index (χ2v) is 7.85. The fourth-order valence-electron chi connectivity index (χ4n) is 3.90. The summed E-state index contributed by atoms with van der Waals surface area (Å²) in [5.41, 5.74) is 2.59. The number of nitrogens with zero attached hydrogens (tertiary/aromatic N) is 3. The van der Waals surface area contributed by atoms with Gasteiger partial charge in [-0.3, -0.25) is 9.69 Å². The first-order valence-electron chi connectivity index (χ1n) is 10.6. The van der Waals surface area contributed by atoms with Crippen LogP contribution in [-0.4, -0.2) is 56.8 Å². The number of benzene rings is 2. The molecule has 1 aromatic heterocycles. The zero-order valence-electron chi connectivity index (χ0n) is 17.6. The van der Waals surface area contributed by atoms with Crippen LogP contribution in [0.2, 0.25) is 0 Å². The molecular formula is C24H26N4O4. The van der Waals surface area contributed by atoms with Crippen LogP contribution in [0.5, 0.6) is 0 Å². The number of carboxylic acid groups (broad SMARTS) is 1. The van der Waals surface area contributed by atoms with Gasteiger partial charge in [-0.05, 0) is 24.1 Å².